The third-order valence-electron chi connectivity index (χ3n) is 13.5. The minimum Gasteiger partial charge on any atom is -0.453 e. The molecule has 0 radical (unpaired) electrons. The smallest absolute Gasteiger partial charge is 0.397 e. The molecule has 69 heavy (non-hydrogen) atoms. The highest BCUT2D eigenvalue weighted by molar-refractivity contribution is 7.80. The molecule has 0 bridgehead atoms. The fourth-order valence-electron chi connectivity index (χ4n) is 9.26. The number of aliphatic hydroxyl groups excluding tert-OH is 5. The summed E-state index contributed by atoms with van der Waals surface area (Å²) in [4.78, 5) is 27.2. The van der Waals surface area contributed by atoms with Gasteiger partial charge in [-0.1, -0.05) is 207 Å². The number of hydrogen-bond donors (Lipinski definition) is 6. The molecule has 2 heterocycles. The largest absolute Gasteiger partial charge is 0.453 e. The van der Waals surface area contributed by atoms with Gasteiger partial charge < -0.3 is 49.2 Å². The van der Waals surface area contributed by atoms with Crippen molar-refractivity contribution in [2.24, 2.45) is 5.92 Å². The van der Waals surface area contributed by atoms with Crippen molar-refractivity contribution in [3.8, 4) is 0 Å². The number of hydrogen-bond acceptors (Lipinski definition) is 15. The zero-order valence-electron chi connectivity index (χ0n) is 42.9. The number of ether oxygens (including phenoxy) is 5. The Morgan fingerprint density at radius 1 is 0.551 bits per heavy atom. The summed E-state index contributed by atoms with van der Waals surface area (Å²) in [7, 11) is -5.30. The summed E-state index contributed by atoms with van der Waals surface area (Å²) in [6.07, 6.45) is 18.9. The second kappa shape index (κ2) is 37.9. The fraction of sp³-hybridized carbons (Fsp3) is 0.923. The first-order valence-electron chi connectivity index (χ1n) is 27.1. The Labute approximate surface area is 415 Å². The van der Waals surface area contributed by atoms with E-state index in [-0.39, 0.29) is 17.9 Å². The molecule has 406 valence electrons. The van der Waals surface area contributed by atoms with E-state index in [9.17, 15) is 48.1 Å². The van der Waals surface area contributed by atoms with Gasteiger partial charge in [0.1, 0.15) is 30.5 Å². The number of esters is 2. The van der Waals surface area contributed by atoms with E-state index in [0.29, 0.717) is 6.42 Å². The van der Waals surface area contributed by atoms with Gasteiger partial charge in [0.2, 0.25) is 6.29 Å². The van der Waals surface area contributed by atoms with Crippen molar-refractivity contribution in [3.63, 3.8) is 0 Å². The lowest BCUT2D eigenvalue weighted by Gasteiger charge is -2.46. The Kier molecular flexibility index (Phi) is 34.8. The molecule has 16 nitrogen and oxygen atoms in total. The molecule has 17 heteroatoms. The lowest BCUT2D eigenvalue weighted by Crippen LogP contribution is -2.65. The maximum atomic E-state index is 13.7. The van der Waals surface area contributed by atoms with Crippen molar-refractivity contribution in [1.29, 1.82) is 0 Å². The predicted molar refractivity (Wildman–Crippen MR) is 264 cm³/mol. The Morgan fingerprint density at radius 3 is 1.36 bits per heavy atom. The van der Waals surface area contributed by atoms with Crippen LogP contribution in [0.1, 0.15) is 227 Å². The van der Waals surface area contributed by atoms with Crippen LogP contribution in [0.25, 0.3) is 0 Å². The molecular formula is C52H96O16S. The first-order chi connectivity index (χ1) is 33.2. The molecule has 0 aliphatic carbocycles. The molecule has 2 fully saturated rings. The Morgan fingerprint density at radius 2 is 0.942 bits per heavy atom. The van der Waals surface area contributed by atoms with Gasteiger partial charge in [0.25, 0.3) is 0 Å². The molecule has 2 aliphatic heterocycles. The number of carbonyl (C=O) groups excluding carboxylic acids is 2. The standard InChI is InChI=1S/C52H96O16S/c1-5-7-9-11-13-15-17-19-20-21-23-24-26-28-30-32-34-39(3)36-40(4)50(59)66-47-45(57)42(38-54)64-52(67-51-48(68-69(60,61)62)46(58)44(56)41(37-53)63-51)49(47)65-43(55)35-33-31-29-27-25-22-18-16-14-12-10-8-6-2/h36,39,41-42,44-49,51-54,56-58H,5-35,37-38H2,1-4H3,(H,60,61,62)/b40-36+/t39-,41-,42-,44-,45-,46+,47+,48-,49-,51-,52-/m1/s1. The van der Waals surface area contributed by atoms with E-state index in [0.717, 1.165) is 51.4 Å². The molecule has 11 atom stereocenters. The molecule has 0 aromatic heterocycles. The van der Waals surface area contributed by atoms with Gasteiger partial charge in [0, 0.05) is 12.0 Å². The minimum absolute atomic E-state index is 0.0171. The highest BCUT2D eigenvalue weighted by atomic mass is 32.3. The van der Waals surface area contributed by atoms with Crippen LogP contribution in [0.3, 0.4) is 0 Å². The summed E-state index contributed by atoms with van der Waals surface area (Å²) in [5, 5.41) is 52.7. The maximum Gasteiger partial charge on any atom is 0.397 e. The summed E-state index contributed by atoms with van der Waals surface area (Å²) < 4.78 is 66.6. The topological polar surface area (TPSA) is 245 Å². The third kappa shape index (κ3) is 27.2. The maximum absolute atomic E-state index is 13.7. The number of carbonyl (C=O) groups is 2. The lowest BCUT2D eigenvalue weighted by molar-refractivity contribution is -0.374. The van der Waals surface area contributed by atoms with Crippen molar-refractivity contribution >= 4 is 22.3 Å². The lowest BCUT2D eigenvalue weighted by atomic mass is 9.97. The van der Waals surface area contributed by atoms with E-state index in [1.54, 1.807) is 13.0 Å². The van der Waals surface area contributed by atoms with E-state index >= 15 is 0 Å². The number of rotatable bonds is 41. The molecule has 0 spiro atoms. The number of aliphatic hydroxyl groups is 5. The van der Waals surface area contributed by atoms with E-state index < -0.39 is 97.0 Å². The SMILES string of the molecule is CCCCCCCCCCCCCCCCCC[C@@H](C)/C=C(\C)C(=O)O[C@H]1[C@H](O)[C@@H](CO)O[C@H](O[C@H]2O[C@H](CO)[C@@H](O)[C@H](O)[C@H]2OS(=O)(=O)O)[C@@H]1OC(=O)CCCCCCCCCCCCCCC. The minimum atomic E-state index is -5.30. The quantitative estimate of drug-likeness (QED) is 0.0145. The van der Waals surface area contributed by atoms with Crippen LogP contribution in [-0.4, -0.2) is 125 Å². The van der Waals surface area contributed by atoms with Gasteiger partial charge in [-0.15, -0.1) is 0 Å². The van der Waals surface area contributed by atoms with Gasteiger partial charge in [0.05, 0.1) is 13.2 Å². The zero-order valence-corrected chi connectivity index (χ0v) is 43.8. The van der Waals surface area contributed by atoms with E-state index in [2.05, 4.69) is 18.0 Å². The normalized spacial score (nSPS) is 26.0. The molecule has 0 amide bonds. The highest BCUT2D eigenvalue weighted by Crippen LogP contribution is 2.33. The van der Waals surface area contributed by atoms with Gasteiger partial charge in [-0.05, 0) is 25.7 Å². The van der Waals surface area contributed by atoms with E-state index in [1.807, 2.05) is 6.92 Å². The van der Waals surface area contributed by atoms with Gasteiger partial charge in [-0.3, -0.25) is 9.35 Å². The second-order valence-corrected chi connectivity index (χ2v) is 20.8. The van der Waals surface area contributed by atoms with Crippen molar-refractivity contribution in [2.45, 2.75) is 288 Å². The molecular weight excluding hydrogens is 913 g/mol. The first-order valence-corrected chi connectivity index (χ1v) is 28.5. The first kappa shape index (κ1) is 63.3. The molecule has 0 aromatic rings. The average Bonchev–Trinajstić information content (AvgIpc) is 3.31. The van der Waals surface area contributed by atoms with Crippen LogP contribution in [0, 0.1) is 5.92 Å². The monoisotopic (exact) mass is 1010 g/mol. The van der Waals surface area contributed by atoms with Gasteiger partial charge >= 0.3 is 22.3 Å². The third-order valence-corrected chi connectivity index (χ3v) is 14.0. The summed E-state index contributed by atoms with van der Waals surface area (Å²) in [6, 6.07) is 0. The molecule has 2 rings (SSSR count). The van der Waals surface area contributed by atoms with Crippen LogP contribution in [0.2, 0.25) is 0 Å². The highest BCUT2D eigenvalue weighted by Gasteiger charge is 2.54. The second-order valence-electron chi connectivity index (χ2n) is 19.8. The van der Waals surface area contributed by atoms with Gasteiger partial charge in [-0.2, -0.15) is 8.42 Å². The Balaban J connectivity index is 2.04. The number of unbranched alkanes of at least 4 members (excludes halogenated alkanes) is 27. The molecule has 6 N–H and O–H groups in total. The summed E-state index contributed by atoms with van der Waals surface area (Å²) in [5.74, 6) is -1.58. The zero-order chi connectivity index (χ0) is 50.9. The van der Waals surface area contributed by atoms with E-state index in [4.69, 9.17) is 23.7 Å². The van der Waals surface area contributed by atoms with Crippen LogP contribution in [0.4, 0.5) is 0 Å². The molecule has 0 aromatic carbocycles. The van der Waals surface area contributed by atoms with Crippen LogP contribution in [0.5, 0.6) is 0 Å². The number of allylic oxidation sites excluding steroid dienone is 1. The van der Waals surface area contributed by atoms with Crippen molar-refractivity contribution in [2.75, 3.05) is 13.2 Å². The van der Waals surface area contributed by atoms with Crippen molar-refractivity contribution < 1.29 is 76.0 Å². The van der Waals surface area contributed by atoms with E-state index in [1.165, 1.54) is 135 Å². The predicted octanol–water partition coefficient (Wildman–Crippen LogP) is 9.25. The Bertz CT molecular complexity index is 1460. The van der Waals surface area contributed by atoms with Crippen LogP contribution in [0.15, 0.2) is 11.6 Å². The van der Waals surface area contributed by atoms with Crippen LogP contribution in [-0.2, 0) is 47.9 Å². The van der Waals surface area contributed by atoms with Crippen molar-refractivity contribution in [1.82, 2.24) is 0 Å². The average molecular weight is 1010 g/mol. The van der Waals surface area contributed by atoms with Crippen molar-refractivity contribution in [3.05, 3.63) is 11.6 Å². The van der Waals surface area contributed by atoms with Gasteiger partial charge in [0.15, 0.2) is 24.6 Å². The Hall–Kier alpha value is -1.77. The van der Waals surface area contributed by atoms with Crippen LogP contribution >= 0.6 is 0 Å². The summed E-state index contributed by atoms with van der Waals surface area (Å²) in [6.45, 7) is 6.32. The van der Waals surface area contributed by atoms with Crippen LogP contribution < -0.4 is 0 Å². The summed E-state index contributed by atoms with van der Waals surface area (Å²) in [5.41, 5.74) is 0.230. The molecule has 0 saturated carbocycles. The van der Waals surface area contributed by atoms with Gasteiger partial charge in [-0.25, -0.2) is 8.98 Å². The summed E-state index contributed by atoms with van der Waals surface area (Å²) >= 11 is 0. The molecule has 0 unspecified atom stereocenters. The molecule has 2 saturated heterocycles. The fourth-order valence-corrected chi connectivity index (χ4v) is 9.74. The molecule has 2 aliphatic rings.